The topological polar surface area (TPSA) is 118 Å². The minimum Gasteiger partial charge on any atom is -0.478 e. The minimum atomic E-state index is -4.13. The molecule has 0 fully saturated rings. The second kappa shape index (κ2) is 5.01. The number of thiophene rings is 1. The summed E-state index contributed by atoms with van der Waals surface area (Å²) in [5, 5.41) is 8.13. The third-order valence-corrected chi connectivity index (χ3v) is 7.56. The van der Waals surface area contributed by atoms with Gasteiger partial charge in [0.25, 0.3) is 0 Å². The molecule has 10 heteroatoms. The van der Waals surface area contributed by atoms with Crippen molar-refractivity contribution in [1.82, 2.24) is 0 Å². The lowest BCUT2D eigenvalue weighted by Gasteiger charge is -2.06. The van der Waals surface area contributed by atoms with Crippen LogP contribution in [-0.2, 0) is 32.7 Å². The average molecular weight is 339 g/mol. The molecule has 1 heterocycles. The number of carboxylic acids is 1. The van der Waals surface area contributed by atoms with E-state index in [4.69, 9.17) is 0 Å². The van der Waals surface area contributed by atoms with Gasteiger partial charge >= 0.3 is 5.97 Å². The number of hydrogen-bond donors (Lipinski definition) is 2. The molecular formula is C10H13NO6S3. The van der Waals surface area contributed by atoms with Crippen LogP contribution in [0.25, 0.3) is 0 Å². The lowest BCUT2D eigenvalue weighted by atomic mass is 10.1. The summed E-state index contributed by atoms with van der Waals surface area (Å²) in [6.45, 7) is 0. The van der Waals surface area contributed by atoms with Gasteiger partial charge in [0.2, 0.25) is 10.0 Å². The Morgan fingerprint density at radius 3 is 2.50 bits per heavy atom. The van der Waals surface area contributed by atoms with E-state index in [1.807, 2.05) is 0 Å². The molecule has 0 amide bonds. The summed E-state index contributed by atoms with van der Waals surface area (Å²) in [5.74, 6) is -1.21. The van der Waals surface area contributed by atoms with E-state index in [0.717, 1.165) is 28.9 Å². The number of anilines is 1. The lowest BCUT2D eigenvalue weighted by molar-refractivity contribution is 0.0697. The van der Waals surface area contributed by atoms with Crippen LogP contribution in [0.5, 0.6) is 0 Å². The van der Waals surface area contributed by atoms with Gasteiger partial charge in [-0.25, -0.2) is 21.6 Å². The predicted octanol–water partition coefficient (Wildman–Crippen LogP) is 0.679. The van der Waals surface area contributed by atoms with Crippen molar-refractivity contribution in [2.75, 3.05) is 16.1 Å². The monoisotopic (exact) mass is 339 g/mol. The maximum Gasteiger partial charge on any atom is 0.339 e. The fourth-order valence-electron chi connectivity index (χ4n) is 2.15. The van der Waals surface area contributed by atoms with Crippen LogP contribution in [0, 0.1) is 0 Å². The zero-order valence-corrected chi connectivity index (χ0v) is 13.0. The highest BCUT2D eigenvalue weighted by molar-refractivity contribution is 8.08. The van der Waals surface area contributed by atoms with E-state index in [9.17, 15) is 26.7 Å². The first-order valence-corrected chi connectivity index (χ1v) is 10.2. The van der Waals surface area contributed by atoms with E-state index in [1.54, 1.807) is 0 Å². The van der Waals surface area contributed by atoms with Gasteiger partial charge in [0.15, 0.2) is 14.9 Å². The van der Waals surface area contributed by atoms with Crippen molar-refractivity contribution < 1.29 is 26.7 Å². The Hall–Kier alpha value is -1.13. The molecule has 2 N–H and O–H groups in total. The zero-order valence-electron chi connectivity index (χ0n) is 10.5. The Kier molecular flexibility index (Phi) is 3.82. The molecular weight excluding hydrogens is 326 g/mol. The minimum absolute atomic E-state index is 0.00847. The highest BCUT2D eigenvalue weighted by Gasteiger charge is 2.29. The van der Waals surface area contributed by atoms with Crippen LogP contribution >= 0.6 is 11.3 Å². The summed E-state index contributed by atoms with van der Waals surface area (Å²) in [6.07, 6.45) is 2.96. The first-order chi connectivity index (χ1) is 9.09. The number of sulfonamides is 1. The van der Waals surface area contributed by atoms with Gasteiger partial charge in [0.05, 0.1) is 5.56 Å². The molecule has 112 valence electrons. The Balaban J connectivity index is 2.38. The van der Waals surface area contributed by atoms with Crippen LogP contribution in [0.3, 0.4) is 0 Å². The smallest absolute Gasteiger partial charge is 0.339 e. The van der Waals surface area contributed by atoms with Crippen molar-refractivity contribution in [2.24, 2.45) is 0 Å². The molecule has 0 saturated heterocycles. The van der Waals surface area contributed by atoms with E-state index in [2.05, 4.69) is 4.72 Å². The summed E-state index contributed by atoms with van der Waals surface area (Å²) in [5.41, 5.74) is 0.596. The number of aromatic carboxylic acids is 1. The molecule has 0 bridgehead atoms. The highest BCUT2D eigenvalue weighted by Crippen LogP contribution is 2.39. The maximum absolute atomic E-state index is 11.7. The Morgan fingerprint density at radius 1 is 1.30 bits per heavy atom. The van der Waals surface area contributed by atoms with Gasteiger partial charge in [-0.1, -0.05) is 0 Å². The second-order valence-electron chi connectivity index (χ2n) is 4.63. The number of rotatable bonds is 5. The number of carbonyl (C=O) groups is 1. The van der Waals surface area contributed by atoms with Crippen molar-refractivity contribution in [3.8, 4) is 0 Å². The Morgan fingerprint density at radius 2 is 1.95 bits per heavy atom. The third-order valence-electron chi connectivity index (χ3n) is 2.75. The zero-order chi connectivity index (χ0) is 15.1. The Bertz CT molecular complexity index is 759. The normalized spacial score (nSPS) is 15.1. The molecule has 20 heavy (non-hydrogen) atoms. The summed E-state index contributed by atoms with van der Waals surface area (Å²) in [7, 11) is -7.85. The molecule has 1 aliphatic carbocycles. The maximum atomic E-state index is 11.7. The van der Waals surface area contributed by atoms with Crippen LogP contribution in [-0.4, -0.2) is 39.3 Å². The molecule has 0 spiro atoms. The third kappa shape index (κ3) is 3.30. The number of carboxylic acid groups (broad SMARTS) is 1. The van der Waals surface area contributed by atoms with Crippen molar-refractivity contribution in [1.29, 1.82) is 0 Å². The molecule has 0 aliphatic heterocycles. The highest BCUT2D eigenvalue weighted by atomic mass is 32.3. The first kappa shape index (κ1) is 15.3. The molecule has 0 unspecified atom stereocenters. The van der Waals surface area contributed by atoms with Crippen molar-refractivity contribution in [2.45, 2.75) is 19.3 Å². The van der Waals surface area contributed by atoms with Crippen molar-refractivity contribution in [3.05, 3.63) is 16.0 Å². The molecule has 1 aliphatic rings. The van der Waals surface area contributed by atoms with Gasteiger partial charge in [-0.05, 0) is 24.8 Å². The number of hydrogen-bond acceptors (Lipinski definition) is 6. The summed E-state index contributed by atoms with van der Waals surface area (Å²) >= 11 is 1.06. The van der Waals surface area contributed by atoms with Gasteiger partial charge in [-0.2, -0.15) is 0 Å². The van der Waals surface area contributed by atoms with Crippen molar-refractivity contribution >= 4 is 42.2 Å². The quantitative estimate of drug-likeness (QED) is 0.814. The van der Waals surface area contributed by atoms with Crippen LogP contribution in [0.2, 0.25) is 0 Å². The Labute approximate surface area is 120 Å². The van der Waals surface area contributed by atoms with E-state index >= 15 is 0 Å². The predicted molar refractivity (Wildman–Crippen MR) is 75.6 cm³/mol. The standard InChI is InChI=1S/C10H13NO6S3/c1-19(14,15)5-20(16,17)11-9-8(10(12)13)6-3-2-4-7(6)18-9/h11H,2-5H2,1H3,(H,12,13). The molecule has 0 aromatic carbocycles. The van der Waals surface area contributed by atoms with Crippen LogP contribution in [0.4, 0.5) is 5.00 Å². The SMILES string of the molecule is CS(=O)(=O)CS(=O)(=O)Nc1sc2c(c1C(=O)O)CCC2. The van der Waals surface area contributed by atoms with Gasteiger partial charge < -0.3 is 5.11 Å². The van der Waals surface area contributed by atoms with Crippen LogP contribution in [0.15, 0.2) is 0 Å². The number of aryl methyl sites for hydroxylation is 1. The lowest BCUT2D eigenvalue weighted by Crippen LogP contribution is -2.22. The van der Waals surface area contributed by atoms with E-state index in [1.165, 1.54) is 0 Å². The molecule has 7 nitrogen and oxygen atoms in total. The summed E-state index contributed by atoms with van der Waals surface area (Å²) in [4.78, 5) is 12.1. The van der Waals surface area contributed by atoms with E-state index in [0.29, 0.717) is 18.4 Å². The number of fused-ring (bicyclic) bond motifs is 1. The van der Waals surface area contributed by atoms with Crippen LogP contribution in [0.1, 0.15) is 27.2 Å². The summed E-state index contributed by atoms with van der Waals surface area (Å²) < 4.78 is 47.7. The fourth-order valence-corrected chi connectivity index (χ4v) is 6.71. The first-order valence-electron chi connectivity index (χ1n) is 5.65. The number of nitrogens with one attached hydrogen (secondary N) is 1. The molecule has 0 atom stereocenters. The van der Waals surface area contributed by atoms with Gasteiger partial charge in [-0.3, -0.25) is 4.72 Å². The molecule has 1 aromatic rings. The molecule has 2 rings (SSSR count). The van der Waals surface area contributed by atoms with Crippen molar-refractivity contribution in [3.63, 3.8) is 0 Å². The van der Waals surface area contributed by atoms with Gasteiger partial charge in [0.1, 0.15) is 5.00 Å². The average Bonchev–Trinajstić information content (AvgIpc) is 2.70. The summed E-state index contributed by atoms with van der Waals surface area (Å²) in [6, 6.07) is 0. The van der Waals surface area contributed by atoms with E-state index in [-0.39, 0.29) is 10.6 Å². The van der Waals surface area contributed by atoms with Crippen LogP contribution < -0.4 is 4.72 Å². The largest absolute Gasteiger partial charge is 0.478 e. The molecule has 1 aromatic heterocycles. The molecule has 0 radical (unpaired) electrons. The number of sulfone groups is 1. The fraction of sp³-hybridized carbons (Fsp3) is 0.500. The van der Waals surface area contributed by atoms with E-state index < -0.39 is 30.9 Å². The molecule has 0 saturated carbocycles. The second-order valence-corrected chi connectivity index (χ2v) is 9.96. The van der Waals surface area contributed by atoms with Gasteiger partial charge in [-0.15, -0.1) is 11.3 Å². The van der Waals surface area contributed by atoms with Gasteiger partial charge in [0, 0.05) is 11.1 Å².